The molecule has 4 fully saturated rings. The van der Waals surface area contributed by atoms with Gasteiger partial charge in [-0.05, 0) is 102 Å². The number of rotatable bonds is 10. The zero-order valence-corrected chi connectivity index (χ0v) is 36.1. The number of carbonyl (C=O) groups excluding carboxylic acids is 3. The zero-order chi connectivity index (χ0) is 43.6. The quantitative estimate of drug-likeness (QED) is 0.173. The van der Waals surface area contributed by atoms with Crippen LogP contribution < -0.4 is 16.4 Å². The molecule has 3 aliphatic heterocycles. The summed E-state index contributed by atoms with van der Waals surface area (Å²) in [6.07, 6.45) is -9.39. The molecular formula is C39H69N4O15. The Hall–Kier alpha value is -2.59. The third-order valence-electron chi connectivity index (χ3n) is 9.37. The van der Waals surface area contributed by atoms with E-state index in [1.807, 2.05) is 0 Å². The molecule has 1 saturated carbocycles. The number of carbonyl (C=O) groups is 3. The van der Waals surface area contributed by atoms with Crippen molar-refractivity contribution < 1.29 is 72.3 Å². The van der Waals surface area contributed by atoms with Crippen LogP contribution in [0.15, 0.2) is 0 Å². The molecule has 0 aromatic heterocycles. The summed E-state index contributed by atoms with van der Waals surface area (Å²) >= 11 is 0. The number of nitrogens with two attached hydrogens (primary N) is 1. The Morgan fingerprint density at radius 1 is 0.810 bits per heavy atom. The molecule has 4 rings (SSSR count). The van der Waals surface area contributed by atoms with Gasteiger partial charge in [-0.15, -0.1) is 0 Å². The summed E-state index contributed by atoms with van der Waals surface area (Å²) in [5, 5.41) is 38.7. The minimum Gasteiger partial charge on any atom is -0.444 e. The molecule has 19 heteroatoms. The summed E-state index contributed by atoms with van der Waals surface area (Å²) in [6.45, 7) is 20.8. The fourth-order valence-corrected chi connectivity index (χ4v) is 7.08. The van der Waals surface area contributed by atoms with Crippen molar-refractivity contribution in [2.45, 2.75) is 198 Å². The molecule has 1 aliphatic carbocycles. The second kappa shape index (κ2) is 18.6. The number of nitrogens with one attached hydrogen (secondary N) is 2. The van der Waals surface area contributed by atoms with Gasteiger partial charge in [0.15, 0.2) is 18.4 Å². The van der Waals surface area contributed by atoms with Gasteiger partial charge < -0.3 is 79.2 Å². The van der Waals surface area contributed by atoms with Crippen LogP contribution in [0.1, 0.15) is 102 Å². The number of aliphatic hydroxyl groups excluding tert-OH is 2. The molecule has 0 aromatic rings. The summed E-state index contributed by atoms with van der Waals surface area (Å²) in [5.41, 5.74) is 2.65. The van der Waals surface area contributed by atoms with Crippen LogP contribution in [0.2, 0.25) is 0 Å². The van der Waals surface area contributed by atoms with Crippen molar-refractivity contribution in [2.24, 2.45) is 5.73 Å². The predicted octanol–water partition coefficient (Wildman–Crippen LogP) is 2.20. The summed E-state index contributed by atoms with van der Waals surface area (Å²) in [5.74, 6) is -0.835. The number of nitrogens with zero attached hydrogens (tertiary/aromatic N) is 1. The topological polar surface area (TPSA) is 248 Å². The van der Waals surface area contributed by atoms with Crippen molar-refractivity contribution in [1.29, 1.82) is 0 Å². The second-order valence-corrected chi connectivity index (χ2v) is 19.3. The van der Waals surface area contributed by atoms with Gasteiger partial charge in [-0.25, -0.2) is 14.4 Å². The highest BCUT2D eigenvalue weighted by Crippen LogP contribution is 2.33. The molecule has 19 nitrogen and oxygen atoms in total. The molecule has 12 atom stereocenters. The highest BCUT2D eigenvalue weighted by atomic mass is 16.7. The lowest BCUT2D eigenvalue weighted by Gasteiger charge is -2.48. The predicted molar refractivity (Wildman–Crippen MR) is 206 cm³/mol. The van der Waals surface area contributed by atoms with E-state index < -0.39 is 114 Å². The fourth-order valence-electron chi connectivity index (χ4n) is 7.08. The second-order valence-electron chi connectivity index (χ2n) is 19.3. The van der Waals surface area contributed by atoms with Gasteiger partial charge in [-0.3, -0.25) is 0 Å². The molecule has 58 heavy (non-hydrogen) atoms. The molecule has 7 N–H and O–H groups in total. The Bertz CT molecular complexity index is 1400. The largest absolute Gasteiger partial charge is 0.444 e. The molecule has 0 unspecified atom stereocenters. The van der Waals surface area contributed by atoms with Crippen LogP contribution in [0.5, 0.6) is 0 Å². The molecule has 0 spiro atoms. The summed E-state index contributed by atoms with van der Waals surface area (Å²) in [6, 6.07) is -2.73. The van der Waals surface area contributed by atoms with Gasteiger partial charge >= 0.3 is 18.3 Å². The number of amides is 3. The molecule has 4 aliphatic rings. The van der Waals surface area contributed by atoms with Crippen molar-refractivity contribution in [3.05, 3.63) is 6.42 Å². The number of ether oxygens (including phenoxy) is 9. The Morgan fingerprint density at radius 2 is 1.36 bits per heavy atom. The van der Waals surface area contributed by atoms with Crippen molar-refractivity contribution in [1.82, 2.24) is 15.5 Å². The molecule has 335 valence electrons. The fraction of sp³-hybridized carbons (Fsp3) is 0.897. The number of hydrogen-bond acceptors (Lipinski definition) is 16. The summed E-state index contributed by atoms with van der Waals surface area (Å²) < 4.78 is 53.4. The number of aliphatic hydroxyl groups is 3. The zero-order valence-electron chi connectivity index (χ0n) is 36.1. The average molecular weight is 834 g/mol. The molecule has 0 bridgehead atoms. The Labute approximate surface area is 342 Å². The smallest absolute Gasteiger partial charge is 0.410 e. The van der Waals surface area contributed by atoms with Crippen LogP contribution in [-0.2, 0) is 42.6 Å². The van der Waals surface area contributed by atoms with E-state index in [0.29, 0.717) is 6.42 Å². The van der Waals surface area contributed by atoms with E-state index in [1.165, 1.54) is 18.2 Å². The molecular weight excluding hydrogens is 764 g/mol. The summed E-state index contributed by atoms with van der Waals surface area (Å²) in [4.78, 5) is 41.4. The highest BCUT2D eigenvalue weighted by Gasteiger charge is 2.51. The summed E-state index contributed by atoms with van der Waals surface area (Å²) in [7, 11) is 0. The third-order valence-corrected chi connectivity index (χ3v) is 9.37. The van der Waals surface area contributed by atoms with Crippen LogP contribution >= 0.6 is 0 Å². The maximum absolute atomic E-state index is 13.6. The standard InChI is InChI=1S/C39H69N4O15/c1-35(2,3)56-32(46)41-24-14-13-21(17-43(34(48)58-37(7,8)9)18-22-19-51-38(10,11)55-22)52-30(24)54-29-25(42-33(47)57-36(4,5)6)15-23(40)28(27(29)45)53-31-26(44)16-39(12,49)20-50-31/h16,21-31,44-45,49H,13-15,17-20,40H2,1-12H3,(H,41,46)(H,42,47)/t21-,22+,23+,24+,25-,26+,27+,28-,29+,30+,31+,39+/m0/s1. The first-order valence-electron chi connectivity index (χ1n) is 20.0. The minimum absolute atomic E-state index is 0.00240. The van der Waals surface area contributed by atoms with Crippen LogP contribution in [0.25, 0.3) is 0 Å². The van der Waals surface area contributed by atoms with E-state index in [0.717, 1.165) is 0 Å². The van der Waals surface area contributed by atoms with Gasteiger partial charge in [0.05, 0.1) is 50.1 Å². The van der Waals surface area contributed by atoms with Crippen LogP contribution in [0.3, 0.4) is 0 Å². The van der Waals surface area contributed by atoms with Crippen molar-refractivity contribution >= 4 is 18.3 Å². The first kappa shape index (κ1) is 48.1. The van der Waals surface area contributed by atoms with Gasteiger partial charge in [0.25, 0.3) is 0 Å². The van der Waals surface area contributed by atoms with Gasteiger partial charge in [-0.1, -0.05) is 0 Å². The maximum Gasteiger partial charge on any atom is 0.410 e. The van der Waals surface area contributed by atoms with Gasteiger partial charge in [0, 0.05) is 12.5 Å². The average Bonchev–Trinajstić information content (AvgIpc) is 3.37. The lowest BCUT2D eigenvalue weighted by atomic mass is 9.83. The first-order valence-corrected chi connectivity index (χ1v) is 20.0. The van der Waals surface area contributed by atoms with Gasteiger partial charge in [-0.2, -0.15) is 0 Å². The lowest BCUT2D eigenvalue weighted by Crippen LogP contribution is -2.67. The lowest BCUT2D eigenvalue weighted by molar-refractivity contribution is -0.293. The van der Waals surface area contributed by atoms with E-state index in [4.69, 9.17) is 48.4 Å². The van der Waals surface area contributed by atoms with Crippen LogP contribution in [-0.4, -0.2) is 160 Å². The molecule has 0 aromatic carbocycles. The van der Waals surface area contributed by atoms with E-state index in [-0.39, 0.29) is 39.1 Å². The molecule has 3 amide bonds. The van der Waals surface area contributed by atoms with Crippen molar-refractivity contribution in [3.63, 3.8) is 0 Å². The molecule has 3 saturated heterocycles. The minimum atomic E-state index is -1.57. The Morgan fingerprint density at radius 3 is 1.90 bits per heavy atom. The van der Waals surface area contributed by atoms with Gasteiger partial charge in [0.2, 0.25) is 0 Å². The van der Waals surface area contributed by atoms with E-state index in [1.54, 1.807) is 76.2 Å². The van der Waals surface area contributed by atoms with E-state index >= 15 is 0 Å². The van der Waals surface area contributed by atoms with Crippen LogP contribution in [0, 0.1) is 6.42 Å². The molecule has 3 heterocycles. The maximum atomic E-state index is 13.6. The SMILES string of the molecule is CC(C)(C)OC(=O)N[C@H]1C[C@@H](N)[C@H](O[C@H]2OC[C@](C)(O)[CH][C@H]2O)[C@@H](O)[C@@H]1O[C@H]1O[C@H](CN(C[C@@H]2COC(C)(C)O2)C(=O)OC(C)(C)C)CC[C@H]1NC(=O)OC(C)(C)C. The first-order chi connectivity index (χ1) is 26.5. The van der Waals surface area contributed by atoms with E-state index in [2.05, 4.69) is 10.6 Å². The number of hydrogen-bond donors (Lipinski definition) is 6. The van der Waals surface area contributed by atoms with Crippen molar-refractivity contribution in [2.75, 3.05) is 26.3 Å². The highest BCUT2D eigenvalue weighted by molar-refractivity contribution is 5.69. The Kier molecular flexibility index (Phi) is 15.4. The normalized spacial score (nSPS) is 35.8. The van der Waals surface area contributed by atoms with Crippen LogP contribution in [0.4, 0.5) is 14.4 Å². The number of alkyl carbamates (subject to hydrolysis) is 2. The van der Waals surface area contributed by atoms with E-state index in [9.17, 15) is 29.7 Å². The third kappa shape index (κ3) is 14.8. The van der Waals surface area contributed by atoms with Gasteiger partial charge in [0.1, 0.15) is 47.3 Å². The monoisotopic (exact) mass is 833 g/mol. The molecule has 1 radical (unpaired) electrons. The Balaban J connectivity index is 1.63. The van der Waals surface area contributed by atoms with Crippen molar-refractivity contribution in [3.8, 4) is 0 Å².